The molecule has 0 aliphatic heterocycles. The molecule has 0 heterocycles. The summed E-state index contributed by atoms with van der Waals surface area (Å²) in [6.45, 7) is 0. The number of phenols is 1. The lowest BCUT2D eigenvalue weighted by molar-refractivity contribution is 0.220. The molecule has 0 fully saturated rings. The molecule has 2 rings (SSSR count). The van der Waals surface area contributed by atoms with Gasteiger partial charge in [-0.25, -0.2) is 0 Å². The van der Waals surface area contributed by atoms with Crippen LogP contribution in [0.2, 0.25) is 0 Å². The van der Waals surface area contributed by atoms with Crippen molar-refractivity contribution in [3.05, 3.63) is 58.1 Å². The van der Waals surface area contributed by atoms with E-state index < -0.39 is 6.10 Å². The first-order chi connectivity index (χ1) is 8.08. The van der Waals surface area contributed by atoms with Crippen LogP contribution < -0.4 is 5.73 Å². The van der Waals surface area contributed by atoms with Crippen molar-refractivity contribution in [2.24, 2.45) is 0 Å². The van der Waals surface area contributed by atoms with E-state index in [1.807, 2.05) is 6.07 Å². The topological polar surface area (TPSA) is 66.5 Å². The Balaban J connectivity index is 2.43. The van der Waals surface area contributed by atoms with Crippen LogP contribution in [0, 0.1) is 0 Å². The van der Waals surface area contributed by atoms with Crippen LogP contribution in [0.15, 0.2) is 46.9 Å². The first kappa shape index (κ1) is 12.0. The molecule has 17 heavy (non-hydrogen) atoms. The number of hydrogen-bond acceptors (Lipinski definition) is 3. The average Bonchev–Trinajstić information content (AvgIpc) is 2.31. The van der Waals surface area contributed by atoms with Crippen LogP contribution in [0.25, 0.3) is 0 Å². The first-order valence-corrected chi connectivity index (χ1v) is 5.89. The molecule has 0 spiro atoms. The molecule has 2 aromatic carbocycles. The molecule has 88 valence electrons. The van der Waals surface area contributed by atoms with Crippen molar-refractivity contribution in [3.63, 3.8) is 0 Å². The number of nitrogen functional groups attached to an aromatic ring is 1. The molecular formula is C13H12BrNO2. The van der Waals surface area contributed by atoms with E-state index in [1.54, 1.807) is 30.3 Å². The molecule has 0 amide bonds. The van der Waals surface area contributed by atoms with E-state index in [0.717, 1.165) is 4.47 Å². The maximum atomic E-state index is 10.2. The number of hydrogen-bond donors (Lipinski definition) is 3. The summed E-state index contributed by atoms with van der Waals surface area (Å²) in [6, 6.07) is 11.8. The zero-order valence-electron chi connectivity index (χ0n) is 8.97. The molecule has 4 N–H and O–H groups in total. The van der Waals surface area contributed by atoms with Gasteiger partial charge in [0.25, 0.3) is 0 Å². The van der Waals surface area contributed by atoms with E-state index in [1.165, 1.54) is 6.07 Å². The van der Waals surface area contributed by atoms with Gasteiger partial charge in [0.1, 0.15) is 11.9 Å². The highest BCUT2D eigenvalue weighted by atomic mass is 79.9. The number of rotatable bonds is 2. The molecule has 2 aromatic rings. The van der Waals surface area contributed by atoms with Gasteiger partial charge in [-0.1, -0.05) is 28.1 Å². The van der Waals surface area contributed by atoms with Crippen molar-refractivity contribution in [1.29, 1.82) is 0 Å². The predicted octanol–water partition coefficient (Wildman–Crippen LogP) is 2.82. The minimum Gasteiger partial charge on any atom is -0.508 e. The molecule has 0 radical (unpaired) electrons. The number of aliphatic hydroxyl groups excluding tert-OH is 1. The van der Waals surface area contributed by atoms with E-state index in [2.05, 4.69) is 15.9 Å². The Morgan fingerprint density at radius 2 is 1.88 bits per heavy atom. The van der Waals surface area contributed by atoms with Gasteiger partial charge in [-0.3, -0.25) is 0 Å². The summed E-state index contributed by atoms with van der Waals surface area (Å²) >= 11 is 3.34. The van der Waals surface area contributed by atoms with Gasteiger partial charge in [0, 0.05) is 15.7 Å². The Morgan fingerprint density at radius 1 is 1.12 bits per heavy atom. The van der Waals surface area contributed by atoms with Crippen LogP contribution in [-0.4, -0.2) is 10.2 Å². The second kappa shape index (κ2) is 4.77. The maximum Gasteiger partial charge on any atom is 0.115 e. The number of halogens is 1. The summed E-state index contributed by atoms with van der Waals surface area (Å²) < 4.78 is 0.848. The lowest BCUT2D eigenvalue weighted by atomic mass is 10.00. The molecule has 0 aliphatic carbocycles. The summed E-state index contributed by atoms with van der Waals surface area (Å²) in [5, 5.41) is 19.6. The summed E-state index contributed by atoms with van der Waals surface area (Å²) in [7, 11) is 0. The smallest absolute Gasteiger partial charge is 0.115 e. The van der Waals surface area contributed by atoms with Gasteiger partial charge in [0.05, 0.1) is 0 Å². The first-order valence-electron chi connectivity index (χ1n) is 5.10. The summed E-state index contributed by atoms with van der Waals surface area (Å²) in [5.74, 6) is 0.120. The van der Waals surface area contributed by atoms with Crippen LogP contribution in [0.3, 0.4) is 0 Å². The van der Waals surface area contributed by atoms with Gasteiger partial charge >= 0.3 is 0 Å². The number of anilines is 1. The van der Waals surface area contributed by atoms with E-state index in [4.69, 9.17) is 5.73 Å². The minimum absolute atomic E-state index is 0.120. The zero-order chi connectivity index (χ0) is 12.4. The van der Waals surface area contributed by atoms with Gasteiger partial charge in [0.15, 0.2) is 0 Å². The van der Waals surface area contributed by atoms with Crippen LogP contribution in [0.4, 0.5) is 5.69 Å². The minimum atomic E-state index is -0.848. The largest absolute Gasteiger partial charge is 0.508 e. The zero-order valence-corrected chi connectivity index (χ0v) is 10.6. The molecule has 1 unspecified atom stereocenters. The highest BCUT2D eigenvalue weighted by Crippen LogP contribution is 2.30. The third kappa shape index (κ3) is 2.60. The fraction of sp³-hybridized carbons (Fsp3) is 0.0769. The van der Waals surface area contributed by atoms with Crippen molar-refractivity contribution in [2.45, 2.75) is 6.10 Å². The van der Waals surface area contributed by atoms with E-state index in [-0.39, 0.29) is 5.75 Å². The fourth-order valence-electron chi connectivity index (χ4n) is 1.66. The molecular weight excluding hydrogens is 282 g/mol. The van der Waals surface area contributed by atoms with Gasteiger partial charge < -0.3 is 15.9 Å². The SMILES string of the molecule is Nc1ccc(Br)cc1C(O)c1cccc(O)c1. The third-order valence-electron chi connectivity index (χ3n) is 2.53. The third-order valence-corrected chi connectivity index (χ3v) is 3.02. The van der Waals surface area contributed by atoms with Crippen molar-refractivity contribution >= 4 is 21.6 Å². The van der Waals surface area contributed by atoms with Gasteiger partial charge in [-0.2, -0.15) is 0 Å². The molecule has 3 nitrogen and oxygen atoms in total. The number of aromatic hydroxyl groups is 1. The highest BCUT2D eigenvalue weighted by molar-refractivity contribution is 9.10. The summed E-state index contributed by atoms with van der Waals surface area (Å²) in [5.41, 5.74) is 7.56. The Labute approximate surface area is 108 Å². The fourth-order valence-corrected chi connectivity index (χ4v) is 2.04. The second-order valence-electron chi connectivity index (χ2n) is 3.77. The second-order valence-corrected chi connectivity index (χ2v) is 4.69. The maximum absolute atomic E-state index is 10.2. The van der Waals surface area contributed by atoms with Crippen molar-refractivity contribution in [2.75, 3.05) is 5.73 Å². The van der Waals surface area contributed by atoms with Crippen LogP contribution in [-0.2, 0) is 0 Å². The van der Waals surface area contributed by atoms with Crippen LogP contribution >= 0.6 is 15.9 Å². The van der Waals surface area contributed by atoms with E-state index in [9.17, 15) is 10.2 Å². The number of phenolic OH excluding ortho intramolecular Hbond substituents is 1. The Hall–Kier alpha value is -1.52. The lowest BCUT2D eigenvalue weighted by Crippen LogP contribution is -2.03. The Bertz CT molecular complexity index is 543. The average molecular weight is 294 g/mol. The van der Waals surface area contributed by atoms with Crippen LogP contribution in [0.1, 0.15) is 17.2 Å². The number of nitrogens with two attached hydrogens (primary N) is 1. The normalized spacial score (nSPS) is 12.4. The number of benzene rings is 2. The van der Waals surface area contributed by atoms with Gasteiger partial charge in [-0.15, -0.1) is 0 Å². The molecule has 0 aliphatic rings. The monoisotopic (exact) mass is 293 g/mol. The van der Waals surface area contributed by atoms with E-state index >= 15 is 0 Å². The quantitative estimate of drug-likeness (QED) is 0.746. The highest BCUT2D eigenvalue weighted by Gasteiger charge is 2.14. The summed E-state index contributed by atoms with van der Waals surface area (Å²) in [6.07, 6.45) is -0.848. The molecule has 4 heteroatoms. The lowest BCUT2D eigenvalue weighted by Gasteiger charge is -2.14. The summed E-state index contributed by atoms with van der Waals surface area (Å²) in [4.78, 5) is 0. The Kier molecular flexibility index (Phi) is 3.36. The molecule has 0 saturated carbocycles. The van der Waals surface area contributed by atoms with Gasteiger partial charge in [0.2, 0.25) is 0 Å². The van der Waals surface area contributed by atoms with Crippen LogP contribution in [0.5, 0.6) is 5.75 Å². The molecule has 0 bridgehead atoms. The standard InChI is InChI=1S/C13H12BrNO2/c14-9-4-5-12(15)11(7-9)13(17)8-2-1-3-10(16)6-8/h1-7,13,16-17H,15H2. The Morgan fingerprint density at radius 3 is 2.59 bits per heavy atom. The molecule has 1 atom stereocenters. The van der Waals surface area contributed by atoms with Crippen molar-refractivity contribution in [3.8, 4) is 5.75 Å². The van der Waals surface area contributed by atoms with Crippen molar-refractivity contribution < 1.29 is 10.2 Å². The van der Waals surface area contributed by atoms with Crippen molar-refractivity contribution in [1.82, 2.24) is 0 Å². The van der Waals surface area contributed by atoms with Gasteiger partial charge in [-0.05, 0) is 35.9 Å². The van der Waals surface area contributed by atoms with E-state index in [0.29, 0.717) is 16.8 Å². The number of aliphatic hydroxyl groups is 1. The molecule has 0 aromatic heterocycles. The predicted molar refractivity (Wildman–Crippen MR) is 70.7 cm³/mol. The molecule has 0 saturated heterocycles.